The predicted molar refractivity (Wildman–Crippen MR) is 179 cm³/mol. The number of hydrogen-bond acceptors (Lipinski definition) is 3. The van der Waals surface area contributed by atoms with Gasteiger partial charge in [0.1, 0.15) is 6.10 Å². The first-order valence-electron chi connectivity index (χ1n) is 17.3. The third kappa shape index (κ3) is 3.04. The number of aryl methyl sites for hydroxylation is 2. The lowest BCUT2D eigenvalue weighted by Crippen LogP contribution is -2.69. The van der Waals surface area contributed by atoms with Crippen molar-refractivity contribution in [2.75, 3.05) is 20.2 Å². The van der Waals surface area contributed by atoms with Gasteiger partial charge in [0.15, 0.2) is 11.5 Å². The summed E-state index contributed by atoms with van der Waals surface area (Å²) in [5, 5.41) is 4.41. The van der Waals surface area contributed by atoms with Crippen molar-refractivity contribution in [3.63, 3.8) is 0 Å². The molecular formula is C41H40N2O2. The van der Waals surface area contributed by atoms with Crippen molar-refractivity contribution >= 4 is 21.7 Å². The number of aromatic nitrogens is 1. The standard InChI is InChI=1S/C41H40N2O2/c1-40-21-31-30-19-27-14-13-26-9-6-10-29(34(26)27)36(30)43(23-24-7-4-3-5-8-24)37(31)39-41(40)17-18-42(22-25-11-12-25)33(40)20-28-15-16-32(44-2)38(45-39)35(28)41/h3-10,15-16,19,25,33,39H,11-14,17-18,20-23H2,1-2H3/t33-,39+,40?,41+/m1/s1. The van der Waals surface area contributed by atoms with Gasteiger partial charge in [-0.05, 0) is 103 Å². The Morgan fingerprint density at radius 1 is 0.933 bits per heavy atom. The van der Waals surface area contributed by atoms with Crippen molar-refractivity contribution in [3.05, 3.63) is 106 Å². The van der Waals surface area contributed by atoms with E-state index in [9.17, 15) is 0 Å². The number of fused-ring (bicyclic) bond motifs is 5. The molecule has 4 heteroatoms. The number of ether oxygens (including phenoxy) is 2. The van der Waals surface area contributed by atoms with Crippen LogP contribution in [0.3, 0.4) is 0 Å². The van der Waals surface area contributed by atoms with Crippen LogP contribution in [-0.2, 0) is 37.6 Å². The van der Waals surface area contributed by atoms with Crippen LogP contribution < -0.4 is 9.47 Å². The molecular weight excluding hydrogens is 552 g/mol. The first kappa shape index (κ1) is 25.4. The van der Waals surface area contributed by atoms with Gasteiger partial charge in [-0.15, -0.1) is 0 Å². The van der Waals surface area contributed by atoms with E-state index in [4.69, 9.17) is 9.47 Å². The fraction of sp³-hybridized carbons (Fsp3) is 0.415. The summed E-state index contributed by atoms with van der Waals surface area (Å²) < 4.78 is 16.2. The van der Waals surface area contributed by atoms with Crippen molar-refractivity contribution in [2.24, 2.45) is 11.3 Å². The van der Waals surface area contributed by atoms with Gasteiger partial charge in [0, 0.05) is 40.9 Å². The van der Waals surface area contributed by atoms with E-state index >= 15 is 0 Å². The van der Waals surface area contributed by atoms with Gasteiger partial charge < -0.3 is 14.0 Å². The Morgan fingerprint density at radius 3 is 2.64 bits per heavy atom. The fourth-order valence-corrected chi connectivity index (χ4v) is 11.2. The molecule has 1 spiro atoms. The zero-order valence-electron chi connectivity index (χ0n) is 26.4. The van der Waals surface area contributed by atoms with Gasteiger partial charge in [0.2, 0.25) is 0 Å². The van der Waals surface area contributed by atoms with E-state index < -0.39 is 0 Å². The molecule has 4 aromatic carbocycles. The molecule has 4 aliphatic carbocycles. The Morgan fingerprint density at radius 2 is 1.80 bits per heavy atom. The van der Waals surface area contributed by atoms with Crippen molar-refractivity contribution in [1.82, 2.24) is 9.47 Å². The van der Waals surface area contributed by atoms with E-state index in [1.165, 1.54) is 74.6 Å². The van der Waals surface area contributed by atoms with Gasteiger partial charge in [-0.3, -0.25) is 4.90 Å². The van der Waals surface area contributed by atoms with Crippen molar-refractivity contribution in [2.45, 2.75) is 76.0 Å². The van der Waals surface area contributed by atoms with E-state index in [0.29, 0.717) is 6.04 Å². The van der Waals surface area contributed by atoms with Crippen LogP contribution in [0.1, 0.15) is 71.4 Å². The molecule has 1 unspecified atom stereocenters. The van der Waals surface area contributed by atoms with Crippen LogP contribution in [-0.4, -0.2) is 35.7 Å². The van der Waals surface area contributed by atoms with E-state index in [1.54, 1.807) is 5.56 Å². The minimum absolute atomic E-state index is 0.0251. The minimum atomic E-state index is -0.0636. The summed E-state index contributed by atoms with van der Waals surface area (Å²) in [6.45, 7) is 5.94. The molecule has 45 heavy (non-hydrogen) atoms. The highest BCUT2D eigenvalue weighted by atomic mass is 16.5. The summed E-state index contributed by atoms with van der Waals surface area (Å²) >= 11 is 0. The first-order valence-corrected chi connectivity index (χ1v) is 17.3. The summed E-state index contributed by atoms with van der Waals surface area (Å²) in [6, 6.07) is 25.8. The smallest absolute Gasteiger partial charge is 0.166 e. The second-order valence-corrected chi connectivity index (χ2v) is 15.3. The van der Waals surface area contributed by atoms with E-state index in [-0.39, 0.29) is 16.9 Å². The van der Waals surface area contributed by atoms with Gasteiger partial charge >= 0.3 is 0 Å². The quantitative estimate of drug-likeness (QED) is 0.207. The molecule has 4 nitrogen and oxygen atoms in total. The summed E-state index contributed by atoms with van der Waals surface area (Å²) in [7, 11) is 1.81. The van der Waals surface area contributed by atoms with Crippen LogP contribution in [0, 0.1) is 11.3 Å². The number of nitrogens with zero attached hydrogens (tertiary/aromatic N) is 2. The van der Waals surface area contributed by atoms with Gasteiger partial charge in [-0.25, -0.2) is 0 Å². The molecule has 2 aliphatic heterocycles. The SMILES string of the molecule is COc1ccc2c3c1O[C@H]1c4c(c5cc6c7c(cccc7c5n4Cc4ccccc4)CC6)CC4(C)[C@@H](C2)N(CC2CC2)CC[C@]314. The Balaban J connectivity index is 1.24. The average Bonchev–Trinajstić information content (AvgIpc) is 3.55. The van der Waals surface area contributed by atoms with Crippen LogP contribution >= 0.6 is 0 Å². The Labute approximate surface area is 264 Å². The van der Waals surface area contributed by atoms with Crippen LogP contribution in [0.4, 0.5) is 0 Å². The number of benzene rings is 4. The summed E-state index contributed by atoms with van der Waals surface area (Å²) in [5.74, 6) is 2.82. The zero-order valence-corrected chi connectivity index (χ0v) is 26.4. The van der Waals surface area contributed by atoms with Crippen LogP contribution in [0.25, 0.3) is 21.7 Å². The average molecular weight is 593 g/mol. The lowest BCUT2D eigenvalue weighted by molar-refractivity contribution is -0.100. The molecule has 226 valence electrons. The number of likely N-dealkylation sites (tertiary alicyclic amines) is 1. The molecule has 1 saturated carbocycles. The maximum atomic E-state index is 7.44. The number of hydrogen-bond donors (Lipinski definition) is 0. The van der Waals surface area contributed by atoms with Crippen LogP contribution in [0.15, 0.2) is 66.7 Å². The lowest BCUT2D eigenvalue weighted by Gasteiger charge is -2.64. The van der Waals surface area contributed by atoms with Gasteiger partial charge in [-0.2, -0.15) is 0 Å². The van der Waals surface area contributed by atoms with E-state index in [0.717, 1.165) is 62.6 Å². The number of methoxy groups -OCH3 is 1. The third-order valence-corrected chi connectivity index (χ3v) is 13.3. The van der Waals surface area contributed by atoms with Crippen LogP contribution in [0.5, 0.6) is 11.5 Å². The monoisotopic (exact) mass is 592 g/mol. The second-order valence-electron chi connectivity index (χ2n) is 15.3. The Bertz CT molecular complexity index is 2090. The number of rotatable bonds is 5. The minimum Gasteiger partial charge on any atom is -0.493 e. The van der Waals surface area contributed by atoms with Gasteiger partial charge in [0.05, 0.1) is 23.7 Å². The van der Waals surface area contributed by atoms with Gasteiger partial charge in [-0.1, -0.05) is 61.5 Å². The highest BCUT2D eigenvalue weighted by Gasteiger charge is 2.71. The molecule has 0 amide bonds. The molecule has 2 bridgehead atoms. The number of piperidine rings is 1. The molecule has 1 saturated heterocycles. The molecule has 11 rings (SSSR count). The Hall–Kier alpha value is -3.76. The molecule has 5 aromatic rings. The zero-order chi connectivity index (χ0) is 29.7. The lowest BCUT2D eigenvalue weighted by atomic mass is 9.44. The molecule has 0 N–H and O–H groups in total. The molecule has 6 aliphatic rings. The summed E-state index contributed by atoms with van der Waals surface area (Å²) in [5.41, 5.74) is 11.8. The Kier molecular flexibility index (Phi) is 4.82. The predicted octanol–water partition coefficient (Wildman–Crippen LogP) is 7.92. The van der Waals surface area contributed by atoms with Crippen molar-refractivity contribution in [1.29, 1.82) is 0 Å². The maximum Gasteiger partial charge on any atom is 0.166 e. The normalized spacial score (nSPS) is 28.8. The molecule has 0 radical (unpaired) electrons. The van der Waals surface area contributed by atoms with Gasteiger partial charge in [0.25, 0.3) is 0 Å². The van der Waals surface area contributed by atoms with Crippen LogP contribution in [0.2, 0.25) is 0 Å². The van der Waals surface area contributed by atoms with Crippen molar-refractivity contribution in [3.8, 4) is 11.5 Å². The molecule has 2 fully saturated rings. The van der Waals surface area contributed by atoms with E-state index in [1.807, 2.05) is 7.11 Å². The first-order chi connectivity index (χ1) is 22.1. The van der Waals surface area contributed by atoms with Crippen molar-refractivity contribution < 1.29 is 9.47 Å². The largest absolute Gasteiger partial charge is 0.493 e. The molecule has 3 heterocycles. The second kappa shape index (κ2) is 8.53. The maximum absolute atomic E-state index is 7.44. The topological polar surface area (TPSA) is 26.6 Å². The highest BCUT2D eigenvalue weighted by molar-refractivity contribution is 6.11. The summed E-state index contributed by atoms with van der Waals surface area (Å²) in [6.07, 6.45) is 8.46. The van der Waals surface area contributed by atoms with E-state index in [2.05, 4.69) is 83.1 Å². The fourth-order valence-electron chi connectivity index (χ4n) is 11.2. The molecule has 4 atom stereocenters. The molecule has 1 aromatic heterocycles. The third-order valence-electron chi connectivity index (χ3n) is 13.3. The summed E-state index contributed by atoms with van der Waals surface area (Å²) in [4.78, 5) is 2.92. The highest BCUT2D eigenvalue weighted by Crippen LogP contribution is 2.72.